The number of anilines is 2. The molecule has 0 aliphatic carbocycles. The number of fused-ring (bicyclic) bond motifs is 1. The van der Waals surface area contributed by atoms with Gasteiger partial charge in [0.25, 0.3) is 17.7 Å². The van der Waals surface area contributed by atoms with Gasteiger partial charge in [-0.2, -0.15) is 10.2 Å². The summed E-state index contributed by atoms with van der Waals surface area (Å²) in [6, 6.07) is 14.9. The Morgan fingerprint density at radius 1 is 0.778 bits per heavy atom. The van der Waals surface area contributed by atoms with Crippen molar-refractivity contribution in [3.05, 3.63) is 77.4 Å². The highest BCUT2D eigenvalue weighted by Gasteiger charge is 2.24. The zero-order valence-electron chi connectivity index (χ0n) is 31.9. The van der Waals surface area contributed by atoms with Crippen LogP contribution in [0.3, 0.4) is 0 Å². The van der Waals surface area contributed by atoms with E-state index in [1.165, 1.54) is 6.92 Å². The molecule has 14 nitrogen and oxygen atoms in total. The van der Waals surface area contributed by atoms with Gasteiger partial charge in [0, 0.05) is 35.6 Å². The van der Waals surface area contributed by atoms with Gasteiger partial charge in [-0.1, -0.05) is 33.8 Å². The summed E-state index contributed by atoms with van der Waals surface area (Å²) >= 11 is 0. The van der Waals surface area contributed by atoms with Crippen LogP contribution >= 0.6 is 0 Å². The van der Waals surface area contributed by atoms with Crippen molar-refractivity contribution in [1.82, 2.24) is 20.4 Å². The lowest BCUT2D eigenvalue weighted by atomic mass is 10.1. The standard InChI is InChI=1S/C40H52N8O6/c1-6-47(7-2)20-10-18-41-38(51)29-22-30(39(52)42-19-11-21-48(8-3)9-4)24-34(23-29)54-33-16-14-31(15-17-33)45-46-37(27(5)49)40(53)43-32-13-12-28-25-36(50)44-35(28)26-32/h12-17,22-24,26,37H,6-11,18-21,25H2,1-5H3,(H,41,51)(H,42,52)(H,43,53)(H,44,50). The maximum absolute atomic E-state index is 13.2. The average molecular weight is 741 g/mol. The second-order valence-electron chi connectivity index (χ2n) is 12.9. The van der Waals surface area contributed by atoms with Crippen LogP contribution in [0, 0.1) is 0 Å². The van der Waals surface area contributed by atoms with E-state index in [0.717, 1.165) is 57.7 Å². The molecule has 14 heteroatoms. The summed E-state index contributed by atoms with van der Waals surface area (Å²) < 4.78 is 6.10. The number of nitrogens with one attached hydrogen (secondary N) is 4. The van der Waals surface area contributed by atoms with Crippen molar-refractivity contribution < 1.29 is 28.7 Å². The molecule has 0 spiro atoms. The summed E-state index contributed by atoms with van der Waals surface area (Å²) in [5.41, 5.74) is 2.81. The highest BCUT2D eigenvalue weighted by atomic mass is 16.5. The van der Waals surface area contributed by atoms with Crippen LogP contribution in [-0.4, -0.2) is 97.6 Å². The molecule has 288 valence electrons. The molecule has 1 heterocycles. The van der Waals surface area contributed by atoms with E-state index in [-0.39, 0.29) is 24.1 Å². The predicted molar refractivity (Wildman–Crippen MR) is 209 cm³/mol. The Morgan fingerprint density at radius 3 is 1.89 bits per heavy atom. The van der Waals surface area contributed by atoms with Crippen LogP contribution in [0.5, 0.6) is 11.5 Å². The molecular formula is C40H52N8O6. The number of nitrogens with zero attached hydrogens (tertiary/aromatic N) is 4. The fourth-order valence-electron chi connectivity index (χ4n) is 5.88. The van der Waals surface area contributed by atoms with Crippen molar-refractivity contribution in [2.24, 2.45) is 10.2 Å². The third kappa shape index (κ3) is 12.3. The average Bonchev–Trinajstić information content (AvgIpc) is 3.54. The Balaban J connectivity index is 1.43. The van der Waals surface area contributed by atoms with Gasteiger partial charge in [0.05, 0.1) is 12.1 Å². The third-order valence-electron chi connectivity index (χ3n) is 9.09. The summed E-state index contributed by atoms with van der Waals surface area (Å²) in [6.45, 7) is 16.2. The molecule has 1 aliphatic heterocycles. The van der Waals surface area contributed by atoms with Crippen LogP contribution < -0.4 is 26.0 Å². The number of rotatable bonds is 21. The SMILES string of the molecule is CCN(CC)CCCNC(=O)c1cc(Oc2ccc(N=NC(C(C)=O)C(=O)Nc3ccc4c(c3)NC(=O)C4)cc2)cc(C(=O)NCCCN(CC)CC)c1. The van der Waals surface area contributed by atoms with Crippen molar-refractivity contribution >= 4 is 46.5 Å². The van der Waals surface area contributed by atoms with E-state index in [4.69, 9.17) is 4.74 Å². The first-order valence-corrected chi connectivity index (χ1v) is 18.6. The number of azo groups is 1. The first-order chi connectivity index (χ1) is 26.0. The van der Waals surface area contributed by atoms with E-state index >= 15 is 0 Å². The Labute approximate surface area is 317 Å². The number of hydrogen-bond acceptors (Lipinski definition) is 10. The van der Waals surface area contributed by atoms with E-state index in [9.17, 15) is 24.0 Å². The Hall–Kier alpha value is -5.47. The van der Waals surface area contributed by atoms with Gasteiger partial charge in [-0.15, -0.1) is 0 Å². The zero-order valence-corrected chi connectivity index (χ0v) is 31.9. The molecule has 1 unspecified atom stereocenters. The maximum Gasteiger partial charge on any atom is 0.258 e. The van der Waals surface area contributed by atoms with Gasteiger partial charge in [0.1, 0.15) is 11.5 Å². The minimum absolute atomic E-state index is 0.127. The highest BCUT2D eigenvalue weighted by molar-refractivity contribution is 6.10. The lowest BCUT2D eigenvalue weighted by molar-refractivity contribution is -0.126. The lowest BCUT2D eigenvalue weighted by Gasteiger charge is -2.18. The fraction of sp³-hybridized carbons (Fsp3) is 0.425. The van der Waals surface area contributed by atoms with Gasteiger partial charge < -0.3 is 35.8 Å². The molecule has 3 aromatic carbocycles. The van der Waals surface area contributed by atoms with Crippen LogP contribution in [0.2, 0.25) is 0 Å². The molecule has 1 aliphatic rings. The topological polar surface area (TPSA) is 174 Å². The van der Waals surface area contributed by atoms with Crippen molar-refractivity contribution in [2.75, 3.05) is 63.0 Å². The molecule has 54 heavy (non-hydrogen) atoms. The Kier molecular flexibility index (Phi) is 15.8. The van der Waals surface area contributed by atoms with Crippen molar-refractivity contribution in [1.29, 1.82) is 0 Å². The van der Waals surface area contributed by atoms with Crippen molar-refractivity contribution in [3.63, 3.8) is 0 Å². The zero-order chi connectivity index (χ0) is 39.0. The quantitative estimate of drug-likeness (QED) is 0.0623. The molecule has 4 rings (SSSR count). The predicted octanol–water partition coefficient (Wildman–Crippen LogP) is 5.58. The van der Waals surface area contributed by atoms with Gasteiger partial charge >= 0.3 is 0 Å². The number of ketones is 1. The summed E-state index contributed by atoms with van der Waals surface area (Å²) in [4.78, 5) is 68.0. The molecule has 0 radical (unpaired) electrons. The maximum atomic E-state index is 13.2. The number of Topliss-reactive ketones (excluding diaryl/α,β-unsaturated/α-hetero) is 1. The van der Waals surface area contributed by atoms with Gasteiger partial charge in [-0.25, -0.2) is 0 Å². The van der Waals surface area contributed by atoms with E-state index < -0.39 is 17.7 Å². The van der Waals surface area contributed by atoms with Gasteiger partial charge in [-0.3, -0.25) is 24.0 Å². The van der Waals surface area contributed by atoms with Gasteiger partial charge in [0.2, 0.25) is 11.9 Å². The highest BCUT2D eigenvalue weighted by Crippen LogP contribution is 2.28. The van der Waals surface area contributed by atoms with E-state index in [2.05, 4.69) is 69.0 Å². The van der Waals surface area contributed by atoms with Crippen molar-refractivity contribution in [2.45, 2.75) is 59.9 Å². The van der Waals surface area contributed by atoms with E-state index in [1.807, 2.05) is 0 Å². The molecule has 0 bridgehead atoms. The fourth-order valence-corrected chi connectivity index (χ4v) is 5.88. The normalized spacial score (nSPS) is 12.8. The molecular weight excluding hydrogens is 688 g/mol. The molecule has 4 N–H and O–H groups in total. The first-order valence-electron chi connectivity index (χ1n) is 18.6. The minimum atomic E-state index is -1.39. The molecule has 0 saturated heterocycles. The number of carbonyl (C=O) groups excluding carboxylic acids is 5. The summed E-state index contributed by atoms with van der Waals surface area (Å²) in [5, 5.41) is 19.4. The minimum Gasteiger partial charge on any atom is -0.457 e. The van der Waals surface area contributed by atoms with Gasteiger partial charge in [0.15, 0.2) is 5.78 Å². The lowest BCUT2D eigenvalue weighted by Crippen LogP contribution is -2.31. The molecule has 4 amide bonds. The largest absolute Gasteiger partial charge is 0.457 e. The number of hydrogen-bond donors (Lipinski definition) is 4. The van der Waals surface area contributed by atoms with Gasteiger partial charge in [-0.05, 0) is 119 Å². The van der Waals surface area contributed by atoms with Crippen LogP contribution in [0.4, 0.5) is 17.1 Å². The number of amides is 4. The first kappa shape index (κ1) is 41.3. The monoisotopic (exact) mass is 740 g/mol. The summed E-state index contributed by atoms with van der Waals surface area (Å²) in [5.74, 6) is -1.20. The smallest absolute Gasteiger partial charge is 0.258 e. The van der Waals surface area contributed by atoms with Crippen LogP contribution in [-0.2, 0) is 20.8 Å². The molecule has 0 saturated carbocycles. The second-order valence-corrected chi connectivity index (χ2v) is 12.9. The van der Waals surface area contributed by atoms with Crippen LogP contribution in [0.1, 0.15) is 73.7 Å². The van der Waals surface area contributed by atoms with E-state index in [0.29, 0.717) is 52.8 Å². The molecule has 0 fully saturated rings. The Bertz CT molecular complexity index is 1750. The molecule has 1 atom stereocenters. The number of carbonyl (C=O) groups is 5. The number of ether oxygens (including phenoxy) is 1. The second kappa shape index (κ2) is 20.7. The molecule has 0 aromatic heterocycles. The van der Waals surface area contributed by atoms with Crippen LogP contribution in [0.25, 0.3) is 0 Å². The number of benzene rings is 3. The summed E-state index contributed by atoms with van der Waals surface area (Å²) in [7, 11) is 0. The van der Waals surface area contributed by atoms with Crippen molar-refractivity contribution in [3.8, 4) is 11.5 Å². The Morgan fingerprint density at radius 2 is 1.35 bits per heavy atom. The van der Waals surface area contributed by atoms with E-state index in [1.54, 1.807) is 60.7 Å². The summed E-state index contributed by atoms with van der Waals surface area (Å²) in [6.07, 6.45) is 1.86. The third-order valence-corrected chi connectivity index (χ3v) is 9.09. The van der Waals surface area contributed by atoms with Crippen LogP contribution in [0.15, 0.2) is 70.9 Å². The molecule has 3 aromatic rings.